The van der Waals surface area contributed by atoms with Crippen LogP contribution >= 0.6 is 0 Å². The van der Waals surface area contributed by atoms with E-state index >= 15 is 0 Å². The number of carbonyl (C=O) groups excluding carboxylic acids is 1. The fraction of sp³-hybridized carbons (Fsp3) is 0.873. The van der Waals surface area contributed by atoms with E-state index in [2.05, 4.69) is 11.9 Å². The normalized spacial score (nSPS) is 43.0. The molecule has 1 aromatic carbocycles. The summed E-state index contributed by atoms with van der Waals surface area (Å²) in [6, 6.07) is 6.91. The molecule has 616 valence electrons. The lowest BCUT2D eigenvalue weighted by Crippen LogP contribution is -2.69. The summed E-state index contributed by atoms with van der Waals surface area (Å²) >= 11 is 0. The summed E-state index contributed by atoms with van der Waals surface area (Å²) < 4.78 is 222. The minimum Gasteiger partial charge on any atom is -0.382 e. The minimum absolute atomic E-state index is 0.0546. The molecule has 0 aliphatic carbocycles. The fourth-order valence-electron chi connectivity index (χ4n) is 15.8. The summed E-state index contributed by atoms with van der Waals surface area (Å²) in [5.41, 5.74) is 1.16. The van der Waals surface area contributed by atoms with E-state index in [-0.39, 0.29) is 46.2 Å². The fourth-order valence-corrected chi connectivity index (χ4v) is 15.8. The molecule has 0 aromatic heterocycles. The number of nitrogens with one attached hydrogen (secondary N) is 1. The number of hydrogen-bond acceptors (Lipinski definition) is 35. The van der Waals surface area contributed by atoms with Crippen LogP contribution < -0.4 is 5.32 Å². The predicted molar refractivity (Wildman–Crippen MR) is 366 cm³/mol. The molecule has 0 radical (unpaired) electrons. The zero-order chi connectivity index (χ0) is 77.2. The van der Waals surface area contributed by atoms with Crippen LogP contribution in [0.1, 0.15) is 15.9 Å². The smallest absolute Gasteiger partial charge is 0.251 e. The SMILES string of the molecule is C=Cc1ccc(C(=O)NCC2OC3OC4C(COC)OC(OC5C(COC)OC(OC6C(COC)OC(OC7C(COC)OC(OC8C(COC)OC(OC9C(COC)OC(OC2C(OC)C3OC)C(OC)C9OC)C(OC)C8OC)C(OC)C7OC)C(OC)C6OC)C(OC)C5OC)C(OC)C4OC)cc1. The Morgan fingerprint density at radius 2 is 0.458 bits per heavy atom. The van der Waals surface area contributed by atoms with Gasteiger partial charge in [-0.05, 0) is 17.7 Å². The third-order valence-electron chi connectivity index (χ3n) is 20.8. The molecule has 22 rings (SSSR count). The quantitative estimate of drug-likeness (QED) is 0.105. The molecule has 1 amide bonds. The maximum atomic E-state index is 14.2. The molecule has 21 aliphatic heterocycles. The van der Waals surface area contributed by atoms with E-state index in [1.807, 2.05) is 0 Å². The molecule has 1 N–H and O–H groups in total. The number of hydrogen-bond donors (Lipinski definition) is 1. The van der Waals surface area contributed by atoms with Gasteiger partial charge in [-0.2, -0.15) is 0 Å². The van der Waals surface area contributed by atoms with Gasteiger partial charge in [0.05, 0.1) is 39.6 Å². The van der Waals surface area contributed by atoms with Gasteiger partial charge in [-0.1, -0.05) is 24.8 Å². The lowest BCUT2D eigenvalue weighted by Gasteiger charge is -2.52. The average Bonchev–Trinajstić information content (AvgIpc) is 0.782. The van der Waals surface area contributed by atoms with Gasteiger partial charge in [-0.25, -0.2) is 0 Å². The predicted octanol–water partition coefficient (Wildman–Crippen LogP) is -0.0679. The van der Waals surface area contributed by atoms with E-state index < -0.39 is 221 Å². The summed E-state index contributed by atoms with van der Waals surface area (Å²) in [7, 11) is 29.9. The van der Waals surface area contributed by atoms with Crippen LogP contribution in [0.25, 0.3) is 6.08 Å². The average molecular weight is 1540 g/mol. The molecule has 36 nitrogen and oxygen atoms in total. The lowest BCUT2D eigenvalue weighted by molar-refractivity contribution is -0.402. The molecule has 36 heteroatoms. The molecule has 107 heavy (non-hydrogen) atoms. The number of methoxy groups -OCH3 is 20. The zero-order valence-corrected chi connectivity index (χ0v) is 65.0. The summed E-state index contributed by atoms with van der Waals surface area (Å²) in [5.74, 6) is -0.439. The Balaban J connectivity index is 1.16. The van der Waals surface area contributed by atoms with Gasteiger partial charge in [0.2, 0.25) is 0 Å². The van der Waals surface area contributed by atoms with Crippen LogP contribution in [0.4, 0.5) is 0 Å². The minimum atomic E-state index is -1.35. The number of ether oxygens (including phenoxy) is 34. The van der Waals surface area contributed by atoms with Crippen molar-refractivity contribution in [3.63, 3.8) is 0 Å². The Bertz CT molecular complexity index is 2700. The molecular formula is C71H117NO35. The van der Waals surface area contributed by atoms with Gasteiger partial charge >= 0.3 is 0 Å². The van der Waals surface area contributed by atoms with Crippen molar-refractivity contribution in [2.24, 2.45) is 0 Å². The molecule has 0 saturated carbocycles. The Labute approximate surface area is 626 Å². The Kier molecular flexibility index (Phi) is 35.4. The van der Waals surface area contributed by atoms with Gasteiger partial charge in [0.25, 0.3) is 5.91 Å². The third kappa shape index (κ3) is 19.5. The number of rotatable bonds is 30. The molecule has 21 saturated heterocycles. The summed E-state index contributed by atoms with van der Waals surface area (Å²) in [6.45, 7) is 3.23. The van der Waals surface area contributed by atoms with E-state index in [4.69, 9.17) is 161 Å². The molecule has 14 bridgehead atoms. The van der Waals surface area contributed by atoms with Gasteiger partial charge in [0, 0.05) is 154 Å². The van der Waals surface area contributed by atoms with Crippen LogP contribution in [0.2, 0.25) is 0 Å². The zero-order valence-electron chi connectivity index (χ0n) is 65.0. The largest absolute Gasteiger partial charge is 0.382 e. The van der Waals surface area contributed by atoms with E-state index in [0.717, 1.165) is 5.56 Å². The van der Waals surface area contributed by atoms with Crippen LogP contribution in [0.3, 0.4) is 0 Å². The lowest BCUT2D eigenvalue weighted by atomic mass is 9.94. The number of carbonyl (C=O) groups is 1. The van der Waals surface area contributed by atoms with Crippen LogP contribution in [-0.2, 0) is 161 Å². The molecule has 21 aliphatic rings. The van der Waals surface area contributed by atoms with Crippen LogP contribution in [-0.4, -0.2) is 409 Å². The van der Waals surface area contributed by atoms with Crippen molar-refractivity contribution < 1.29 is 166 Å². The first-order valence-electron chi connectivity index (χ1n) is 35.6. The van der Waals surface area contributed by atoms with Crippen LogP contribution in [0, 0.1) is 0 Å². The third-order valence-corrected chi connectivity index (χ3v) is 20.8. The van der Waals surface area contributed by atoms with Crippen LogP contribution in [0.15, 0.2) is 30.8 Å². The van der Waals surface area contributed by atoms with E-state index in [9.17, 15) is 4.79 Å². The Hall–Kier alpha value is -2.93. The second-order valence-electron chi connectivity index (χ2n) is 26.6. The van der Waals surface area contributed by atoms with Crippen molar-refractivity contribution in [3.05, 3.63) is 42.0 Å². The van der Waals surface area contributed by atoms with E-state index in [1.54, 1.807) is 30.3 Å². The van der Waals surface area contributed by atoms with Crippen molar-refractivity contribution in [2.45, 2.75) is 215 Å². The van der Waals surface area contributed by atoms with Gasteiger partial charge < -0.3 is 166 Å². The molecule has 21 heterocycles. The van der Waals surface area contributed by atoms with Crippen molar-refractivity contribution in [1.29, 1.82) is 0 Å². The van der Waals surface area contributed by atoms with E-state index in [0.29, 0.717) is 5.56 Å². The highest BCUT2D eigenvalue weighted by Gasteiger charge is 2.62. The van der Waals surface area contributed by atoms with Gasteiger partial charge in [-0.3, -0.25) is 4.79 Å². The maximum absolute atomic E-state index is 14.2. The molecular weight excluding hydrogens is 1430 g/mol. The first-order valence-corrected chi connectivity index (χ1v) is 35.6. The Morgan fingerprint density at radius 1 is 0.280 bits per heavy atom. The summed E-state index contributed by atoms with van der Waals surface area (Å²) in [6.07, 6.45) is -36.3. The first kappa shape index (κ1) is 88.0. The van der Waals surface area contributed by atoms with Gasteiger partial charge in [0.1, 0.15) is 171 Å². The molecule has 21 fully saturated rings. The number of benzene rings is 1. The topological polar surface area (TPSA) is 343 Å². The molecule has 0 spiro atoms. The highest BCUT2D eigenvalue weighted by atomic mass is 16.8. The van der Waals surface area contributed by atoms with Crippen molar-refractivity contribution >= 4 is 12.0 Å². The first-order chi connectivity index (χ1) is 52.0. The highest BCUT2D eigenvalue weighted by molar-refractivity contribution is 5.94. The standard InChI is InChI=1S/C71H117NO35/c1-22-34-23-25-35(26-24-34)64(73)72-27-36-43-50(80-8)57(87-15)65(94-36)102-44-37(28-74-2)96-67(59(89-17)51(44)81-9)104-46-39(30-76-4)98-69(61(91-19)53(46)83-11)106-48-41(32-78-6)100-71(63(93-21)55(48)85-13)107-49-42(33-79-7)99-70(62(92-20)56(49)86-14)105-47-40(31-77-5)97-68(60(90-18)54(47)84-12)103-45-38(29-75-3)95-66(101-43)58(88-16)52(45)82-10/h22-26,36-63,65-71H,1,27-33H2,2-21H3,(H,72,73). The molecule has 35 atom stereocenters. The maximum Gasteiger partial charge on any atom is 0.251 e. The second-order valence-corrected chi connectivity index (χ2v) is 26.6. The Morgan fingerprint density at radius 3 is 0.626 bits per heavy atom. The molecule has 1 aromatic rings. The van der Waals surface area contributed by atoms with Crippen molar-refractivity contribution in [2.75, 3.05) is 188 Å². The van der Waals surface area contributed by atoms with Gasteiger partial charge in [-0.15, -0.1) is 0 Å². The van der Waals surface area contributed by atoms with E-state index in [1.165, 1.54) is 142 Å². The van der Waals surface area contributed by atoms with Crippen LogP contribution in [0.5, 0.6) is 0 Å². The molecule has 35 unspecified atom stereocenters. The monoisotopic (exact) mass is 1540 g/mol. The highest BCUT2D eigenvalue weighted by Crippen LogP contribution is 2.43. The summed E-state index contributed by atoms with van der Waals surface area (Å²) in [4.78, 5) is 14.2. The van der Waals surface area contributed by atoms with Crippen molar-refractivity contribution in [3.8, 4) is 0 Å². The number of amides is 1. The second kappa shape index (κ2) is 43.0. The summed E-state index contributed by atoms with van der Waals surface area (Å²) in [5, 5.41) is 3.04. The van der Waals surface area contributed by atoms with Crippen molar-refractivity contribution in [1.82, 2.24) is 5.32 Å². The van der Waals surface area contributed by atoms with Gasteiger partial charge in [0.15, 0.2) is 44.0 Å².